The van der Waals surface area contributed by atoms with Gasteiger partial charge in [0.15, 0.2) is 0 Å². The molecule has 0 saturated carbocycles. The highest BCUT2D eigenvalue weighted by Crippen LogP contribution is 2.13. The largest absolute Gasteiger partial charge is 0.457 e. The van der Waals surface area contributed by atoms with E-state index in [0.717, 1.165) is 65.0 Å². The van der Waals surface area contributed by atoms with Crippen molar-refractivity contribution in [3.05, 3.63) is 24.3 Å². The van der Waals surface area contributed by atoms with Crippen LogP contribution in [0.2, 0.25) is 0 Å². The summed E-state index contributed by atoms with van der Waals surface area (Å²) in [4.78, 5) is 15.2. The Morgan fingerprint density at radius 1 is 0.426 bits per heavy atom. The highest BCUT2D eigenvalue weighted by molar-refractivity contribution is 5.69. The van der Waals surface area contributed by atoms with Gasteiger partial charge in [0.05, 0.1) is 13.2 Å². The quantitative estimate of drug-likeness (QED) is 0.0351. The Balaban J connectivity index is 4.12. The number of hydrogen-bond acceptors (Lipinski definition) is 5. The summed E-state index contributed by atoms with van der Waals surface area (Å²) >= 11 is 0. The SMILES string of the molecule is CCCCCCCC/C=C\CCCCCCCCOCC(COCCCCCCCC/C=C\CCCCCCCC)OC(=O)CCCN(CCC)CCC. The monoisotopic (exact) mass is 762 g/mol. The van der Waals surface area contributed by atoms with E-state index in [-0.39, 0.29) is 12.1 Å². The molecule has 0 spiro atoms. The Bertz CT molecular complexity index is 732. The smallest absolute Gasteiger partial charge is 0.306 e. The lowest BCUT2D eigenvalue weighted by Gasteiger charge is -2.21. The van der Waals surface area contributed by atoms with Crippen molar-refractivity contribution in [2.75, 3.05) is 46.1 Å². The topological polar surface area (TPSA) is 48.0 Å². The summed E-state index contributed by atoms with van der Waals surface area (Å²) in [6, 6.07) is 0. The van der Waals surface area contributed by atoms with Gasteiger partial charge in [0.2, 0.25) is 0 Å². The molecule has 0 heterocycles. The molecule has 0 unspecified atom stereocenters. The number of carbonyl (C=O) groups excluding carboxylic acids is 1. The minimum absolute atomic E-state index is 0.116. The molecule has 0 amide bonds. The third-order valence-electron chi connectivity index (χ3n) is 10.4. The fourth-order valence-electron chi connectivity index (χ4n) is 7.11. The summed E-state index contributed by atoms with van der Waals surface area (Å²) in [7, 11) is 0. The number of hydrogen-bond donors (Lipinski definition) is 0. The van der Waals surface area contributed by atoms with Crippen LogP contribution >= 0.6 is 0 Å². The summed E-state index contributed by atoms with van der Waals surface area (Å²) in [5.74, 6) is -0.116. The van der Waals surface area contributed by atoms with E-state index in [0.29, 0.717) is 19.6 Å². The van der Waals surface area contributed by atoms with Gasteiger partial charge in [-0.3, -0.25) is 4.79 Å². The zero-order valence-electron chi connectivity index (χ0n) is 37.0. The average Bonchev–Trinajstić information content (AvgIpc) is 3.17. The molecule has 5 heteroatoms. The van der Waals surface area contributed by atoms with E-state index in [1.165, 1.54) is 167 Å². The molecule has 0 aromatic carbocycles. The van der Waals surface area contributed by atoms with E-state index >= 15 is 0 Å². The predicted octanol–water partition coefficient (Wildman–Crippen LogP) is 14.9. The second kappa shape index (κ2) is 46.2. The molecule has 0 N–H and O–H groups in total. The summed E-state index contributed by atoms with van der Waals surface area (Å²) in [5, 5.41) is 0. The number of esters is 1. The van der Waals surface area contributed by atoms with Crippen molar-refractivity contribution in [2.45, 2.75) is 239 Å². The van der Waals surface area contributed by atoms with Crippen LogP contribution in [-0.2, 0) is 19.0 Å². The zero-order valence-corrected chi connectivity index (χ0v) is 37.0. The number of ether oxygens (including phenoxy) is 3. The average molecular weight is 762 g/mol. The summed E-state index contributed by atoms with van der Waals surface area (Å²) < 4.78 is 18.0. The third kappa shape index (κ3) is 42.0. The Kier molecular flexibility index (Phi) is 45.2. The molecule has 0 bridgehead atoms. The number of carbonyl (C=O) groups is 1. The molecule has 0 aromatic heterocycles. The van der Waals surface area contributed by atoms with Gasteiger partial charge >= 0.3 is 5.97 Å². The van der Waals surface area contributed by atoms with Crippen molar-refractivity contribution >= 4 is 5.97 Å². The van der Waals surface area contributed by atoms with Gasteiger partial charge in [-0.1, -0.05) is 168 Å². The molecule has 0 aliphatic heterocycles. The van der Waals surface area contributed by atoms with Crippen molar-refractivity contribution in [3.8, 4) is 0 Å². The molecule has 5 nitrogen and oxygen atoms in total. The van der Waals surface area contributed by atoms with E-state index < -0.39 is 0 Å². The maximum absolute atomic E-state index is 12.8. The molecule has 0 radical (unpaired) electrons. The fourth-order valence-corrected chi connectivity index (χ4v) is 7.11. The van der Waals surface area contributed by atoms with Crippen molar-refractivity contribution in [2.24, 2.45) is 0 Å². The van der Waals surface area contributed by atoms with E-state index in [9.17, 15) is 4.79 Å². The normalized spacial score (nSPS) is 12.0. The molecule has 0 aliphatic carbocycles. The van der Waals surface area contributed by atoms with Crippen molar-refractivity contribution in [1.82, 2.24) is 4.90 Å². The highest BCUT2D eigenvalue weighted by atomic mass is 16.6. The summed E-state index contributed by atoms with van der Waals surface area (Å²) in [6.07, 6.45) is 49.4. The lowest BCUT2D eigenvalue weighted by atomic mass is 10.1. The van der Waals surface area contributed by atoms with Crippen molar-refractivity contribution in [3.63, 3.8) is 0 Å². The van der Waals surface area contributed by atoms with Crippen LogP contribution in [0.25, 0.3) is 0 Å². The van der Waals surface area contributed by atoms with Crippen LogP contribution in [0.4, 0.5) is 0 Å². The molecular formula is C49H95NO4. The molecule has 0 atom stereocenters. The van der Waals surface area contributed by atoms with E-state index in [1.807, 2.05) is 0 Å². The van der Waals surface area contributed by atoms with Crippen LogP contribution in [0, 0.1) is 0 Å². The zero-order chi connectivity index (χ0) is 39.3. The van der Waals surface area contributed by atoms with E-state index in [2.05, 4.69) is 56.9 Å². The summed E-state index contributed by atoms with van der Waals surface area (Å²) in [5.41, 5.74) is 0. The van der Waals surface area contributed by atoms with Gasteiger partial charge in [0.1, 0.15) is 6.10 Å². The minimum Gasteiger partial charge on any atom is -0.457 e. The second-order valence-corrected chi connectivity index (χ2v) is 16.1. The maximum atomic E-state index is 12.8. The molecule has 0 aromatic rings. The first-order chi connectivity index (χ1) is 26.7. The Hall–Kier alpha value is -1.17. The van der Waals surface area contributed by atoms with Crippen molar-refractivity contribution in [1.29, 1.82) is 0 Å². The van der Waals surface area contributed by atoms with Gasteiger partial charge in [-0.2, -0.15) is 0 Å². The van der Waals surface area contributed by atoms with Crippen LogP contribution in [0.15, 0.2) is 24.3 Å². The van der Waals surface area contributed by atoms with Crippen LogP contribution in [0.5, 0.6) is 0 Å². The Morgan fingerprint density at radius 3 is 1.15 bits per heavy atom. The molecule has 0 saturated heterocycles. The van der Waals surface area contributed by atoms with Crippen LogP contribution in [0.3, 0.4) is 0 Å². The van der Waals surface area contributed by atoms with Crippen LogP contribution in [-0.4, -0.2) is 63.0 Å². The molecule has 320 valence electrons. The predicted molar refractivity (Wildman–Crippen MR) is 237 cm³/mol. The Labute approximate surface area is 338 Å². The number of unbranched alkanes of at least 4 members (excludes halogenated alkanes) is 24. The standard InChI is InChI=1S/C49H95NO4/c1-5-9-11-13-15-17-19-21-23-25-27-29-31-33-35-37-44-52-46-48(54-49(51)40-39-43-50(41-7-3)42-8-4)47-53-45-38-36-34-32-30-28-26-24-22-20-18-16-14-12-10-6-2/h21-24,48H,5-20,25-47H2,1-4H3/b23-21-,24-22-. The van der Waals surface area contributed by atoms with Crippen LogP contribution < -0.4 is 0 Å². The maximum Gasteiger partial charge on any atom is 0.306 e. The van der Waals surface area contributed by atoms with Gasteiger partial charge in [0, 0.05) is 19.6 Å². The molecule has 0 fully saturated rings. The first kappa shape index (κ1) is 52.8. The van der Waals surface area contributed by atoms with Gasteiger partial charge in [-0.05, 0) is 103 Å². The van der Waals surface area contributed by atoms with Gasteiger partial charge in [0.25, 0.3) is 0 Å². The molecule has 0 aliphatic rings. The fraction of sp³-hybridized carbons (Fsp3) is 0.898. The third-order valence-corrected chi connectivity index (χ3v) is 10.4. The van der Waals surface area contributed by atoms with Gasteiger partial charge < -0.3 is 19.1 Å². The van der Waals surface area contributed by atoms with Gasteiger partial charge in [-0.15, -0.1) is 0 Å². The first-order valence-electron chi connectivity index (χ1n) is 24.0. The number of allylic oxidation sites excluding steroid dienone is 4. The van der Waals surface area contributed by atoms with E-state index in [1.54, 1.807) is 0 Å². The first-order valence-corrected chi connectivity index (χ1v) is 24.0. The highest BCUT2D eigenvalue weighted by Gasteiger charge is 2.16. The second-order valence-electron chi connectivity index (χ2n) is 16.1. The molecule has 54 heavy (non-hydrogen) atoms. The Morgan fingerprint density at radius 2 is 0.778 bits per heavy atom. The number of nitrogens with zero attached hydrogens (tertiary/aromatic N) is 1. The van der Waals surface area contributed by atoms with Crippen molar-refractivity contribution < 1.29 is 19.0 Å². The molecular weight excluding hydrogens is 667 g/mol. The number of rotatable bonds is 45. The van der Waals surface area contributed by atoms with Crippen LogP contribution in [0.1, 0.15) is 233 Å². The molecule has 0 rings (SSSR count). The van der Waals surface area contributed by atoms with E-state index in [4.69, 9.17) is 14.2 Å². The summed E-state index contributed by atoms with van der Waals surface area (Å²) in [6.45, 7) is 14.5. The lowest BCUT2D eigenvalue weighted by molar-refractivity contribution is -0.156. The minimum atomic E-state index is -0.317. The lowest BCUT2D eigenvalue weighted by Crippen LogP contribution is -2.30. The van der Waals surface area contributed by atoms with Gasteiger partial charge in [-0.25, -0.2) is 0 Å².